The maximum atomic E-state index is 5.97. The van der Waals surface area contributed by atoms with E-state index >= 15 is 0 Å². The standard InChI is InChI=1S/C19H20N4OS/c1-2-9-23(8-1)12-13-11-21-16-10-14(5-6-15(13)16)24-19-22-18-17(25-19)4-3-7-20-18/h3-7,10,13,21H,1-2,8-9,11-12H2. The molecule has 1 aromatic carbocycles. The molecule has 0 radical (unpaired) electrons. The van der Waals surface area contributed by atoms with E-state index in [0.29, 0.717) is 11.1 Å². The van der Waals surface area contributed by atoms with Gasteiger partial charge in [0.2, 0.25) is 0 Å². The minimum atomic E-state index is 0.578. The zero-order valence-electron chi connectivity index (χ0n) is 13.9. The molecule has 5 rings (SSSR count). The number of fused-ring (bicyclic) bond motifs is 2. The summed E-state index contributed by atoms with van der Waals surface area (Å²) in [4.78, 5) is 11.3. The van der Waals surface area contributed by atoms with Crippen molar-refractivity contribution in [2.24, 2.45) is 0 Å². The summed E-state index contributed by atoms with van der Waals surface area (Å²) < 4.78 is 7.02. The first-order valence-corrected chi connectivity index (χ1v) is 9.66. The number of ether oxygens (including phenoxy) is 1. The van der Waals surface area contributed by atoms with Crippen LogP contribution in [-0.2, 0) is 0 Å². The van der Waals surface area contributed by atoms with Gasteiger partial charge in [-0.15, -0.1) is 0 Å². The molecule has 5 nitrogen and oxygen atoms in total. The predicted molar refractivity (Wildman–Crippen MR) is 101 cm³/mol. The van der Waals surface area contributed by atoms with Crippen molar-refractivity contribution < 1.29 is 4.74 Å². The number of likely N-dealkylation sites (tertiary alicyclic amines) is 1. The zero-order chi connectivity index (χ0) is 16.6. The Hall–Kier alpha value is -2.18. The van der Waals surface area contributed by atoms with Crippen LogP contribution >= 0.6 is 11.3 Å². The molecule has 0 saturated carbocycles. The predicted octanol–water partition coefficient (Wildman–Crippen LogP) is 4.09. The fourth-order valence-corrected chi connectivity index (χ4v) is 4.58. The Morgan fingerprint density at radius 3 is 3.04 bits per heavy atom. The lowest BCUT2D eigenvalue weighted by Gasteiger charge is -2.19. The Morgan fingerprint density at radius 2 is 2.16 bits per heavy atom. The molecule has 1 unspecified atom stereocenters. The second-order valence-corrected chi connectivity index (χ2v) is 7.73. The minimum absolute atomic E-state index is 0.578. The molecule has 1 atom stereocenters. The first-order chi connectivity index (χ1) is 12.3. The summed E-state index contributed by atoms with van der Waals surface area (Å²) in [5.74, 6) is 1.40. The number of nitrogens with one attached hydrogen (secondary N) is 1. The van der Waals surface area contributed by atoms with E-state index in [-0.39, 0.29) is 0 Å². The average molecular weight is 352 g/mol. The van der Waals surface area contributed by atoms with Crippen molar-refractivity contribution in [2.45, 2.75) is 18.8 Å². The largest absolute Gasteiger partial charge is 0.431 e. The van der Waals surface area contributed by atoms with E-state index in [2.05, 4.69) is 38.4 Å². The van der Waals surface area contributed by atoms with Gasteiger partial charge in [-0.1, -0.05) is 17.4 Å². The first-order valence-electron chi connectivity index (χ1n) is 8.85. The van der Waals surface area contributed by atoms with Crippen molar-refractivity contribution in [3.8, 4) is 10.9 Å². The molecule has 1 fully saturated rings. The molecule has 4 heterocycles. The average Bonchev–Trinajstić information content (AvgIpc) is 3.35. The fourth-order valence-electron chi connectivity index (χ4n) is 3.78. The summed E-state index contributed by atoms with van der Waals surface area (Å²) in [6.45, 7) is 4.67. The number of hydrogen-bond donors (Lipinski definition) is 1. The summed E-state index contributed by atoms with van der Waals surface area (Å²) >= 11 is 1.52. The van der Waals surface area contributed by atoms with E-state index in [1.54, 1.807) is 6.20 Å². The second kappa shape index (κ2) is 6.28. The summed E-state index contributed by atoms with van der Waals surface area (Å²) in [6.07, 6.45) is 4.44. The molecule has 2 aliphatic rings. The normalized spacial score (nSPS) is 19.9. The lowest BCUT2D eigenvalue weighted by molar-refractivity contribution is 0.320. The van der Waals surface area contributed by atoms with Crippen LogP contribution in [-0.4, -0.2) is 41.0 Å². The highest BCUT2D eigenvalue weighted by Gasteiger charge is 2.26. The van der Waals surface area contributed by atoms with Gasteiger partial charge in [-0.2, -0.15) is 4.98 Å². The molecule has 128 valence electrons. The van der Waals surface area contributed by atoms with E-state index in [1.807, 2.05) is 12.1 Å². The van der Waals surface area contributed by atoms with Gasteiger partial charge in [-0.3, -0.25) is 0 Å². The van der Waals surface area contributed by atoms with Gasteiger partial charge in [0.1, 0.15) is 5.75 Å². The van der Waals surface area contributed by atoms with E-state index in [1.165, 1.54) is 48.5 Å². The fraction of sp³-hybridized carbons (Fsp3) is 0.368. The van der Waals surface area contributed by atoms with Crippen LogP contribution in [0, 0.1) is 0 Å². The van der Waals surface area contributed by atoms with Crippen LogP contribution in [0.5, 0.6) is 10.9 Å². The van der Waals surface area contributed by atoms with E-state index in [4.69, 9.17) is 4.74 Å². The lowest BCUT2D eigenvalue weighted by atomic mass is 10.0. The first kappa shape index (κ1) is 15.1. The third kappa shape index (κ3) is 2.96. The Morgan fingerprint density at radius 1 is 1.24 bits per heavy atom. The van der Waals surface area contributed by atoms with Crippen molar-refractivity contribution in [3.63, 3.8) is 0 Å². The smallest absolute Gasteiger partial charge is 0.281 e. The van der Waals surface area contributed by atoms with Gasteiger partial charge >= 0.3 is 0 Å². The number of anilines is 1. The van der Waals surface area contributed by atoms with E-state index in [9.17, 15) is 0 Å². The number of nitrogens with zero attached hydrogens (tertiary/aromatic N) is 3. The number of pyridine rings is 1. The van der Waals surface area contributed by atoms with Crippen LogP contribution in [0.2, 0.25) is 0 Å². The van der Waals surface area contributed by atoms with Gasteiger partial charge in [0.25, 0.3) is 5.19 Å². The van der Waals surface area contributed by atoms with Gasteiger partial charge in [-0.05, 0) is 49.7 Å². The Balaban J connectivity index is 1.34. The van der Waals surface area contributed by atoms with Crippen molar-refractivity contribution in [1.82, 2.24) is 14.9 Å². The number of thiazole rings is 1. The number of rotatable bonds is 4. The second-order valence-electron chi connectivity index (χ2n) is 6.74. The maximum absolute atomic E-state index is 5.97. The maximum Gasteiger partial charge on any atom is 0.281 e. The highest BCUT2D eigenvalue weighted by atomic mass is 32.1. The van der Waals surface area contributed by atoms with Gasteiger partial charge in [0.15, 0.2) is 5.65 Å². The van der Waals surface area contributed by atoms with Crippen LogP contribution in [0.15, 0.2) is 36.5 Å². The molecule has 1 N–H and O–H groups in total. The molecule has 0 aliphatic carbocycles. The molecule has 2 aliphatic heterocycles. The van der Waals surface area contributed by atoms with Gasteiger partial charge < -0.3 is 15.0 Å². The number of benzene rings is 1. The zero-order valence-corrected chi connectivity index (χ0v) is 14.8. The monoisotopic (exact) mass is 352 g/mol. The topological polar surface area (TPSA) is 50.3 Å². The molecule has 25 heavy (non-hydrogen) atoms. The van der Waals surface area contributed by atoms with E-state index in [0.717, 1.165) is 29.2 Å². The summed E-state index contributed by atoms with van der Waals surface area (Å²) in [7, 11) is 0. The van der Waals surface area contributed by atoms with Crippen LogP contribution in [0.1, 0.15) is 24.3 Å². The van der Waals surface area contributed by atoms with Crippen molar-refractivity contribution in [3.05, 3.63) is 42.1 Å². The third-order valence-corrected chi connectivity index (χ3v) is 5.92. The lowest BCUT2D eigenvalue weighted by Crippen LogP contribution is -2.26. The van der Waals surface area contributed by atoms with E-state index < -0.39 is 0 Å². The SMILES string of the molecule is c1cnc2nc(Oc3ccc4c(c3)NCC4CN3CCCC3)sc2c1. The Bertz CT molecular complexity index is 870. The quantitative estimate of drug-likeness (QED) is 0.766. The van der Waals surface area contributed by atoms with Crippen LogP contribution < -0.4 is 10.1 Å². The molecule has 1 saturated heterocycles. The minimum Gasteiger partial charge on any atom is -0.431 e. The van der Waals surface area contributed by atoms with Gasteiger partial charge in [-0.25, -0.2) is 4.98 Å². The molecular formula is C19H20N4OS. The highest BCUT2D eigenvalue weighted by Crippen LogP contribution is 2.37. The summed E-state index contributed by atoms with van der Waals surface area (Å²) in [5.41, 5.74) is 3.35. The van der Waals surface area contributed by atoms with Gasteiger partial charge in [0, 0.05) is 37.0 Å². The van der Waals surface area contributed by atoms with Gasteiger partial charge in [0.05, 0.1) is 4.70 Å². The van der Waals surface area contributed by atoms with Crippen LogP contribution in [0.25, 0.3) is 10.3 Å². The Labute approximate surface area is 150 Å². The summed E-state index contributed by atoms with van der Waals surface area (Å²) in [6, 6.07) is 10.3. The highest BCUT2D eigenvalue weighted by molar-refractivity contribution is 7.20. The van der Waals surface area contributed by atoms with Crippen molar-refractivity contribution >= 4 is 27.4 Å². The molecule has 6 heteroatoms. The molecule has 0 amide bonds. The molecule has 0 bridgehead atoms. The van der Waals surface area contributed by atoms with Crippen molar-refractivity contribution in [2.75, 3.05) is 31.5 Å². The van der Waals surface area contributed by atoms with Crippen LogP contribution in [0.4, 0.5) is 5.69 Å². The number of hydrogen-bond acceptors (Lipinski definition) is 6. The molecule has 2 aromatic heterocycles. The number of aromatic nitrogens is 2. The molecule has 0 spiro atoms. The Kier molecular flexibility index (Phi) is 3.79. The van der Waals surface area contributed by atoms with Crippen LogP contribution in [0.3, 0.4) is 0 Å². The molecule has 3 aromatic rings. The molecular weight excluding hydrogens is 332 g/mol. The van der Waals surface area contributed by atoms with Crippen molar-refractivity contribution in [1.29, 1.82) is 0 Å². The summed E-state index contributed by atoms with van der Waals surface area (Å²) in [5, 5.41) is 4.18. The third-order valence-electron chi connectivity index (χ3n) is 5.03.